The Bertz CT molecular complexity index is 822. The van der Waals surface area contributed by atoms with Crippen LogP contribution in [0, 0.1) is 0 Å². The van der Waals surface area contributed by atoms with Gasteiger partial charge in [0.2, 0.25) is 0 Å². The van der Waals surface area contributed by atoms with E-state index in [9.17, 15) is 10.2 Å². The van der Waals surface area contributed by atoms with Crippen LogP contribution in [0.5, 0.6) is 17.2 Å². The van der Waals surface area contributed by atoms with Crippen LogP contribution >= 0.6 is 0 Å². The highest BCUT2D eigenvalue weighted by atomic mass is 16.5. The lowest BCUT2D eigenvalue weighted by atomic mass is 9.85. The topological polar surface area (TPSA) is 49.7 Å². The van der Waals surface area contributed by atoms with E-state index in [2.05, 4.69) is 19.6 Å². The summed E-state index contributed by atoms with van der Waals surface area (Å²) in [5.74, 6) is 1.22. The van der Waals surface area contributed by atoms with Crippen molar-refractivity contribution in [3.8, 4) is 17.2 Å². The lowest BCUT2D eigenvalue weighted by Gasteiger charge is -2.21. The van der Waals surface area contributed by atoms with Crippen LogP contribution in [0.3, 0.4) is 0 Å². The lowest BCUT2D eigenvalue weighted by molar-refractivity contribution is 0.415. The number of benzene rings is 2. The Morgan fingerprint density at radius 2 is 1.61 bits per heavy atom. The Morgan fingerprint density at radius 3 is 2.14 bits per heavy atom. The van der Waals surface area contributed by atoms with E-state index in [1.165, 1.54) is 5.57 Å². The van der Waals surface area contributed by atoms with Gasteiger partial charge in [0.1, 0.15) is 17.2 Å². The first kappa shape index (κ1) is 21.4. The van der Waals surface area contributed by atoms with Crippen molar-refractivity contribution < 1.29 is 14.9 Å². The number of phenolic OH excluding ortho intramolecular Hbond substituents is 2. The van der Waals surface area contributed by atoms with Gasteiger partial charge >= 0.3 is 0 Å². The van der Waals surface area contributed by atoms with Gasteiger partial charge in [-0.1, -0.05) is 42.0 Å². The molecule has 0 amide bonds. The van der Waals surface area contributed by atoms with Crippen molar-refractivity contribution in [2.45, 2.75) is 39.0 Å². The number of methoxy groups -OCH3 is 1. The maximum absolute atomic E-state index is 10.4. The fourth-order valence-corrected chi connectivity index (χ4v) is 3.37. The molecule has 2 aromatic carbocycles. The molecule has 0 radical (unpaired) electrons. The molecule has 148 valence electrons. The van der Waals surface area contributed by atoms with E-state index in [0.29, 0.717) is 5.56 Å². The molecule has 0 spiro atoms. The van der Waals surface area contributed by atoms with Crippen LogP contribution in [0.2, 0.25) is 0 Å². The van der Waals surface area contributed by atoms with Crippen molar-refractivity contribution in [2.24, 2.45) is 0 Å². The predicted molar refractivity (Wildman–Crippen MR) is 118 cm³/mol. The Balaban J connectivity index is 0.000000878. The van der Waals surface area contributed by atoms with Gasteiger partial charge in [-0.2, -0.15) is 0 Å². The fraction of sp³-hybridized carbons (Fsp3) is 0.280. The molecule has 2 N–H and O–H groups in total. The van der Waals surface area contributed by atoms with E-state index in [1.807, 2.05) is 43.3 Å². The van der Waals surface area contributed by atoms with E-state index < -0.39 is 0 Å². The summed E-state index contributed by atoms with van der Waals surface area (Å²) >= 11 is 0. The van der Waals surface area contributed by atoms with Crippen molar-refractivity contribution >= 4 is 12.2 Å². The Kier molecular flexibility index (Phi) is 7.94. The first-order chi connectivity index (χ1) is 13.5. The minimum atomic E-state index is 0.0911. The normalized spacial score (nSPS) is 16.1. The summed E-state index contributed by atoms with van der Waals surface area (Å²) in [6, 6.07) is 11.1. The van der Waals surface area contributed by atoms with Gasteiger partial charge in [0.15, 0.2) is 0 Å². The Labute approximate surface area is 168 Å². The van der Waals surface area contributed by atoms with Crippen LogP contribution in [0.15, 0.2) is 60.7 Å². The molecule has 1 aliphatic rings. The Morgan fingerprint density at radius 1 is 1.04 bits per heavy atom. The average Bonchev–Trinajstić information content (AvgIpc) is 2.67. The standard InChI is InChI=1S/C22H24O3.C3H6/c1-15-4-3-5-18(12-15)22-20(23)13-17(14-21(22)24)7-6-16-8-10-19(25-2)11-9-16;1-3-2/h6-14,18,23-24H,3-5H2,1-2H3;3H,1H2,2H3/b7-6+;. The summed E-state index contributed by atoms with van der Waals surface area (Å²) in [7, 11) is 1.64. The third kappa shape index (κ3) is 5.78. The number of hydrogen-bond donors (Lipinski definition) is 2. The molecule has 3 heteroatoms. The quantitative estimate of drug-likeness (QED) is 0.461. The van der Waals surface area contributed by atoms with Crippen LogP contribution in [-0.4, -0.2) is 17.3 Å². The molecule has 1 aliphatic carbocycles. The minimum absolute atomic E-state index is 0.0911. The van der Waals surface area contributed by atoms with Crippen LogP contribution in [-0.2, 0) is 0 Å². The van der Waals surface area contributed by atoms with E-state index in [1.54, 1.807) is 25.3 Å². The van der Waals surface area contributed by atoms with E-state index in [0.717, 1.165) is 36.1 Å². The van der Waals surface area contributed by atoms with Crippen molar-refractivity contribution in [3.63, 3.8) is 0 Å². The first-order valence-electron chi connectivity index (χ1n) is 9.60. The molecule has 28 heavy (non-hydrogen) atoms. The van der Waals surface area contributed by atoms with Crippen molar-refractivity contribution in [3.05, 3.63) is 77.4 Å². The molecule has 1 unspecified atom stereocenters. The molecule has 2 aromatic rings. The highest BCUT2D eigenvalue weighted by Crippen LogP contribution is 2.41. The second-order valence-corrected chi connectivity index (χ2v) is 7.00. The lowest BCUT2D eigenvalue weighted by Crippen LogP contribution is -2.03. The molecule has 0 fully saturated rings. The second kappa shape index (κ2) is 10.4. The molecular formula is C25H30O3. The monoisotopic (exact) mass is 378 g/mol. The molecular weight excluding hydrogens is 348 g/mol. The summed E-state index contributed by atoms with van der Waals surface area (Å²) in [4.78, 5) is 0. The number of phenols is 2. The zero-order chi connectivity index (χ0) is 20.5. The summed E-state index contributed by atoms with van der Waals surface area (Å²) < 4.78 is 5.15. The number of allylic oxidation sites excluding steroid dienone is 3. The molecule has 0 aliphatic heterocycles. The number of rotatable bonds is 4. The molecule has 0 saturated heterocycles. The third-order valence-corrected chi connectivity index (χ3v) is 4.69. The highest BCUT2D eigenvalue weighted by molar-refractivity contribution is 5.72. The van der Waals surface area contributed by atoms with Gasteiger partial charge in [-0.15, -0.1) is 6.58 Å². The molecule has 1 atom stereocenters. The molecule has 0 aromatic heterocycles. The summed E-state index contributed by atoms with van der Waals surface area (Å²) in [5.41, 5.74) is 3.75. The molecule has 0 bridgehead atoms. The van der Waals surface area contributed by atoms with Gasteiger partial charge in [0, 0.05) is 11.5 Å². The van der Waals surface area contributed by atoms with Gasteiger partial charge in [-0.25, -0.2) is 0 Å². The second-order valence-electron chi connectivity index (χ2n) is 7.00. The number of ether oxygens (including phenoxy) is 1. The van der Waals surface area contributed by atoms with Gasteiger partial charge in [0.25, 0.3) is 0 Å². The van der Waals surface area contributed by atoms with Gasteiger partial charge in [-0.3, -0.25) is 0 Å². The highest BCUT2D eigenvalue weighted by Gasteiger charge is 2.20. The van der Waals surface area contributed by atoms with Crippen LogP contribution in [0.4, 0.5) is 0 Å². The van der Waals surface area contributed by atoms with Crippen LogP contribution in [0.25, 0.3) is 12.2 Å². The largest absolute Gasteiger partial charge is 0.507 e. The smallest absolute Gasteiger partial charge is 0.123 e. The van der Waals surface area contributed by atoms with Gasteiger partial charge < -0.3 is 14.9 Å². The maximum Gasteiger partial charge on any atom is 0.123 e. The molecule has 3 rings (SSSR count). The van der Waals surface area contributed by atoms with Gasteiger partial charge in [-0.05, 0) is 68.5 Å². The summed E-state index contributed by atoms with van der Waals surface area (Å²) in [5, 5.41) is 20.9. The van der Waals surface area contributed by atoms with Crippen molar-refractivity contribution in [1.82, 2.24) is 0 Å². The summed E-state index contributed by atoms with van der Waals surface area (Å²) in [6.45, 7) is 7.35. The number of hydrogen-bond acceptors (Lipinski definition) is 3. The van der Waals surface area contributed by atoms with Crippen molar-refractivity contribution in [2.75, 3.05) is 7.11 Å². The Hall–Kier alpha value is -2.94. The number of aromatic hydroxyl groups is 2. The summed E-state index contributed by atoms with van der Waals surface area (Å²) in [6.07, 6.45) is 10.9. The molecule has 3 nitrogen and oxygen atoms in total. The van der Waals surface area contributed by atoms with Crippen molar-refractivity contribution in [1.29, 1.82) is 0 Å². The van der Waals surface area contributed by atoms with E-state index in [4.69, 9.17) is 4.74 Å². The molecule has 0 saturated carbocycles. The van der Waals surface area contributed by atoms with E-state index >= 15 is 0 Å². The van der Waals surface area contributed by atoms with Crippen LogP contribution < -0.4 is 4.74 Å². The maximum atomic E-state index is 10.4. The first-order valence-corrected chi connectivity index (χ1v) is 9.60. The zero-order valence-corrected chi connectivity index (χ0v) is 17.0. The van der Waals surface area contributed by atoms with Crippen LogP contribution in [0.1, 0.15) is 55.7 Å². The van der Waals surface area contributed by atoms with E-state index in [-0.39, 0.29) is 17.4 Å². The predicted octanol–water partition coefficient (Wildman–Crippen LogP) is 6.68. The fourth-order valence-electron chi connectivity index (χ4n) is 3.37. The average molecular weight is 379 g/mol. The minimum Gasteiger partial charge on any atom is -0.507 e. The molecule has 0 heterocycles. The van der Waals surface area contributed by atoms with Gasteiger partial charge in [0.05, 0.1) is 7.11 Å². The SMILES string of the molecule is C=CC.COc1ccc(/C=C/c2cc(O)c(C3C=C(C)CCC3)c(O)c2)cc1. The third-order valence-electron chi connectivity index (χ3n) is 4.69. The zero-order valence-electron chi connectivity index (χ0n) is 17.0.